The van der Waals surface area contributed by atoms with Crippen LogP contribution in [0, 0.1) is 5.92 Å². The van der Waals surface area contributed by atoms with Crippen LogP contribution >= 0.6 is 0 Å². The zero-order valence-electron chi connectivity index (χ0n) is 10.4. The van der Waals surface area contributed by atoms with E-state index in [9.17, 15) is 4.79 Å². The lowest BCUT2D eigenvalue weighted by Crippen LogP contribution is -2.23. The van der Waals surface area contributed by atoms with Crippen LogP contribution in [0.5, 0.6) is 0 Å². The monoisotopic (exact) mass is 222 g/mol. The number of carbonyl (C=O) groups is 1. The van der Waals surface area contributed by atoms with Gasteiger partial charge in [-0.2, -0.15) is 0 Å². The number of nitrogens with one attached hydrogen (secondary N) is 1. The van der Waals surface area contributed by atoms with Gasteiger partial charge in [0.2, 0.25) is 0 Å². The fraction of sp³-hybridized carbons (Fsp3) is 0.538. The first kappa shape index (κ1) is 12.8. The first-order valence-electron chi connectivity index (χ1n) is 5.74. The van der Waals surface area contributed by atoms with Gasteiger partial charge in [-0.3, -0.25) is 4.79 Å². The van der Waals surface area contributed by atoms with Gasteiger partial charge in [0, 0.05) is 19.9 Å². The van der Waals surface area contributed by atoms with E-state index in [1.54, 1.807) is 6.07 Å². The molecule has 0 aliphatic rings. The lowest BCUT2D eigenvalue weighted by atomic mass is 10.1. The van der Waals surface area contributed by atoms with Crippen molar-refractivity contribution in [1.29, 1.82) is 0 Å². The highest BCUT2D eigenvalue weighted by Gasteiger charge is 2.11. The highest BCUT2D eigenvalue weighted by molar-refractivity contribution is 5.95. The number of aromatic nitrogens is 1. The second-order valence-corrected chi connectivity index (χ2v) is 4.57. The molecule has 90 valence electrons. The van der Waals surface area contributed by atoms with Crippen LogP contribution in [0.25, 0.3) is 0 Å². The van der Waals surface area contributed by atoms with E-state index in [4.69, 9.17) is 0 Å². The maximum absolute atomic E-state index is 11.8. The number of carbonyl (C=O) groups excluding carboxylic acids is 1. The van der Waals surface area contributed by atoms with Crippen molar-refractivity contribution < 1.29 is 6.22 Å². The molecular weight excluding hydrogens is 200 g/mol. The Bertz CT molecular complexity index is 364. The number of hydrogen-bond acceptors (Lipinski definition) is 3. The Labute approximate surface area is 98.8 Å². The largest absolute Gasteiger partial charge is 0.309 e. The third-order valence-electron chi connectivity index (χ3n) is 2.28. The highest BCUT2D eigenvalue weighted by Crippen LogP contribution is 2.06. The smallest absolute Gasteiger partial charge is 0.183 e. The second-order valence-electron chi connectivity index (χ2n) is 4.57. The van der Waals surface area contributed by atoms with Crippen molar-refractivity contribution in [2.45, 2.75) is 40.3 Å². The molecule has 0 aliphatic heterocycles. The van der Waals surface area contributed by atoms with Crippen LogP contribution in [0.1, 0.15) is 45.3 Å². The molecule has 1 aromatic heterocycles. The van der Waals surface area contributed by atoms with E-state index in [-0.39, 0.29) is 13.1 Å². The predicted molar refractivity (Wildman–Crippen MR) is 67.5 cm³/mol. The minimum absolute atomic E-state index is 0. The van der Waals surface area contributed by atoms with Gasteiger partial charge in [-0.05, 0) is 12.1 Å². The van der Waals surface area contributed by atoms with Crippen molar-refractivity contribution in [3.63, 3.8) is 0 Å². The molecule has 0 spiro atoms. The van der Waals surface area contributed by atoms with Gasteiger partial charge >= 0.3 is 0 Å². The number of Topliss-reactive ketones (excluding diaryl/α,β-unsaturated/α-hetero) is 1. The number of pyridine rings is 1. The number of ketones is 1. The van der Waals surface area contributed by atoms with E-state index < -0.39 is 0 Å². The number of rotatable bonds is 5. The maximum atomic E-state index is 11.8. The Morgan fingerprint density at radius 3 is 2.62 bits per heavy atom. The van der Waals surface area contributed by atoms with Gasteiger partial charge in [0.05, 0.1) is 5.69 Å². The van der Waals surface area contributed by atoms with Crippen LogP contribution in [0.2, 0.25) is 0 Å². The maximum Gasteiger partial charge on any atom is 0.183 e. The normalized spacial score (nSPS) is 11.1. The minimum atomic E-state index is 0. The van der Waals surface area contributed by atoms with Gasteiger partial charge in [0.15, 0.2) is 5.78 Å². The molecule has 0 atom stereocenters. The number of nitrogens with zero attached hydrogens (tertiary/aromatic N) is 1. The van der Waals surface area contributed by atoms with Gasteiger partial charge in [0.25, 0.3) is 0 Å². The summed E-state index contributed by atoms with van der Waals surface area (Å²) in [6.45, 7) is 8.66. The molecule has 0 radical (unpaired) electrons. The van der Waals surface area contributed by atoms with Gasteiger partial charge in [-0.15, -0.1) is 0 Å². The third kappa shape index (κ3) is 3.74. The molecular formula is C13H22N2O. The van der Waals surface area contributed by atoms with E-state index in [1.165, 1.54) is 0 Å². The number of hydrogen-bond donors (Lipinski definition) is 1. The molecule has 1 aromatic rings. The molecule has 0 aromatic carbocycles. The van der Waals surface area contributed by atoms with E-state index in [0.29, 0.717) is 18.3 Å². The van der Waals surface area contributed by atoms with E-state index >= 15 is 0 Å². The average Bonchev–Trinajstić information content (AvgIpc) is 2.25. The van der Waals surface area contributed by atoms with E-state index in [0.717, 1.165) is 5.69 Å². The SMILES string of the molecule is CC(C)NCc1cccc(C(=O)C(C)C)n1.[HH]. The molecule has 0 aliphatic carbocycles. The molecule has 16 heavy (non-hydrogen) atoms. The van der Waals surface area contributed by atoms with Crippen LogP contribution in [-0.4, -0.2) is 16.8 Å². The summed E-state index contributed by atoms with van der Waals surface area (Å²) in [5, 5.41) is 3.28. The Hall–Kier alpha value is -1.22. The van der Waals surface area contributed by atoms with Gasteiger partial charge in [-0.25, -0.2) is 4.98 Å². The van der Waals surface area contributed by atoms with Crippen molar-refractivity contribution in [2.24, 2.45) is 5.92 Å². The molecule has 0 amide bonds. The summed E-state index contributed by atoms with van der Waals surface area (Å²) in [6.07, 6.45) is 0. The molecule has 0 bridgehead atoms. The topological polar surface area (TPSA) is 42.0 Å². The van der Waals surface area contributed by atoms with Crippen LogP contribution in [0.4, 0.5) is 0 Å². The molecule has 0 saturated heterocycles. The summed E-state index contributed by atoms with van der Waals surface area (Å²) in [5.74, 6) is 0.104. The molecule has 0 saturated carbocycles. The first-order valence-corrected chi connectivity index (χ1v) is 5.74. The van der Waals surface area contributed by atoms with E-state index in [1.807, 2.05) is 26.0 Å². The summed E-state index contributed by atoms with van der Waals surface area (Å²) in [7, 11) is 0. The molecule has 1 N–H and O–H groups in total. The van der Waals surface area contributed by atoms with Crippen molar-refractivity contribution in [2.75, 3.05) is 0 Å². The lowest BCUT2D eigenvalue weighted by Gasteiger charge is -2.09. The fourth-order valence-corrected chi connectivity index (χ4v) is 1.32. The highest BCUT2D eigenvalue weighted by atomic mass is 16.1. The Kier molecular flexibility index (Phi) is 4.62. The van der Waals surface area contributed by atoms with Crippen molar-refractivity contribution in [1.82, 2.24) is 10.3 Å². The van der Waals surface area contributed by atoms with Crippen LogP contribution in [-0.2, 0) is 6.54 Å². The lowest BCUT2D eigenvalue weighted by molar-refractivity contribution is 0.0934. The predicted octanol–water partition coefficient (Wildman–Crippen LogP) is 2.66. The Balaban J connectivity index is 0.00000256. The molecule has 1 heterocycles. The van der Waals surface area contributed by atoms with E-state index in [2.05, 4.69) is 24.1 Å². The molecule has 0 fully saturated rings. The van der Waals surface area contributed by atoms with Crippen molar-refractivity contribution >= 4 is 5.78 Å². The standard InChI is InChI=1S/C13H20N2O.H2/c1-9(2)13(16)12-7-5-6-11(15-12)8-14-10(3)4;/h5-7,9-10,14H,8H2,1-4H3;1H. The summed E-state index contributed by atoms with van der Waals surface area (Å²) in [6, 6.07) is 6.03. The zero-order valence-corrected chi connectivity index (χ0v) is 10.4. The van der Waals surface area contributed by atoms with Crippen LogP contribution in [0.3, 0.4) is 0 Å². The first-order chi connectivity index (χ1) is 7.50. The quantitative estimate of drug-likeness (QED) is 0.779. The molecule has 1 rings (SSSR count). The average molecular weight is 222 g/mol. The van der Waals surface area contributed by atoms with Crippen molar-refractivity contribution in [3.8, 4) is 0 Å². The summed E-state index contributed by atoms with van der Waals surface area (Å²) in [4.78, 5) is 16.1. The van der Waals surface area contributed by atoms with Crippen LogP contribution < -0.4 is 5.32 Å². The molecule has 3 nitrogen and oxygen atoms in total. The summed E-state index contributed by atoms with van der Waals surface area (Å²) >= 11 is 0. The van der Waals surface area contributed by atoms with Gasteiger partial charge in [0.1, 0.15) is 5.69 Å². The van der Waals surface area contributed by atoms with Gasteiger partial charge < -0.3 is 5.32 Å². The third-order valence-corrected chi connectivity index (χ3v) is 2.28. The second kappa shape index (κ2) is 5.75. The fourth-order valence-electron chi connectivity index (χ4n) is 1.32. The molecule has 3 heteroatoms. The van der Waals surface area contributed by atoms with Crippen LogP contribution in [0.15, 0.2) is 18.2 Å². The summed E-state index contributed by atoms with van der Waals surface area (Å²) < 4.78 is 0. The van der Waals surface area contributed by atoms with Gasteiger partial charge in [-0.1, -0.05) is 33.8 Å². The summed E-state index contributed by atoms with van der Waals surface area (Å²) in [5.41, 5.74) is 1.48. The van der Waals surface area contributed by atoms with Crippen molar-refractivity contribution in [3.05, 3.63) is 29.6 Å². The zero-order chi connectivity index (χ0) is 12.1. The Morgan fingerprint density at radius 2 is 2.06 bits per heavy atom. The Morgan fingerprint density at radius 1 is 1.38 bits per heavy atom. The minimum Gasteiger partial charge on any atom is -0.309 e. The molecule has 0 unspecified atom stereocenters.